The van der Waals surface area contributed by atoms with Gasteiger partial charge in [0.05, 0.1) is 19.6 Å². The molecule has 0 aliphatic carbocycles. The second-order valence-electron chi connectivity index (χ2n) is 6.22. The number of rotatable bonds is 6. The van der Waals surface area contributed by atoms with E-state index in [1.54, 1.807) is 35.2 Å². The van der Waals surface area contributed by atoms with Crippen LogP contribution in [0.4, 0.5) is 0 Å². The van der Waals surface area contributed by atoms with Crippen molar-refractivity contribution in [2.75, 3.05) is 13.7 Å². The molecule has 1 N–H and O–H groups in total. The number of aromatic amines is 1. The van der Waals surface area contributed by atoms with Gasteiger partial charge in [-0.05, 0) is 61.0 Å². The summed E-state index contributed by atoms with van der Waals surface area (Å²) in [4.78, 5) is 12.1. The first-order valence-electron chi connectivity index (χ1n) is 8.92. The molecule has 150 valence electrons. The zero-order valence-corrected chi connectivity index (χ0v) is 16.3. The molecule has 0 saturated carbocycles. The van der Waals surface area contributed by atoms with Crippen molar-refractivity contribution in [2.45, 2.75) is 18.9 Å². The van der Waals surface area contributed by atoms with Crippen molar-refractivity contribution in [3.05, 3.63) is 58.5 Å². The van der Waals surface area contributed by atoms with E-state index in [4.69, 9.17) is 30.8 Å². The number of carbonyl (C=O) groups excluding carboxylic acids is 1. The molecule has 3 aromatic rings. The molecular weight excluding hydrogens is 396 g/mol. The third-order valence-electron chi connectivity index (χ3n) is 4.33. The number of ether oxygens (including phenoxy) is 3. The van der Waals surface area contributed by atoms with Crippen LogP contribution in [0.3, 0.4) is 0 Å². The van der Waals surface area contributed by atoms with Gasteiger partial charge < -0.3 is 18.6 Å². The third-order valence-corrected chi connectivity index (χ3v) is 4.59. The highest BCUT2D eigenvalue weighted by molar-refractivity contribution is 7.71. The van der Waals surface area contributed by atoms with Gasteiger partial charge in [0.15, 0.2) is 17.3 Å². The molecule has 3 heterocycles. The van der Waals surface area contributed by atoms with E-state index in [9.17, 15) is 4.79 Å². The molecule has 29 heavy (non-hydrogen) atoms. The first kappa shape index (κ1) is 19.1. The highest BCUT2D eigenvalue weighted by atomic mass is 32.1. The predicted octanol–water partition coefficient (Wildman–Crippen LogP) is 3.50. The van der Waals surface area contributed by atoms with E-state index in [2.05, 4.69) is 15.3 Å². The summed E-state index contributed by atoms with van der Waals surface area (Å²) < 4.78 is 23.3. The van der Waals surface area contributed by atoms with Gasteiger partial charge in [-0.2, -0.15) is 14.9 Å². The van der Waals surface area contributed by atoms with Gasteiger partial charge in [-0.3, -0.25) is 5.10 Å². The summed E-state index contributed by atoms with van der Waals surface area (Å²) in [6.07, 6.45) is 4.74. The number of nitrogens with one attached hydrogen (secondary N) is 1. The Morgan fingerprint density at radius 1 is 1.41 bits per heavy atom. The van der Waals surface area contributed by atoms with Gasteiger partial charge in [-0.1, -0.05) is 0 Å². The molecule has 1 atom stereocenters. The molecule has 0 unspecified atom stereocenters. The standard InChI is InChI=1S/C19H18N4O5S/c1-25-16-10-12(6-7-13(16)28-18(24)15-5-3-9-27-15)11-20-23-17(21-22-19(23)29)14-4-2-8-26-14/h3,5-7,9-11,14H,2,4,8H2,1H3,(H,22,29)/b20-11-/t14-/m1/s1. The minimum absolute atomic E-state index is 0.105. The molecular formula is C19H18N4O5S. The van der Waals surface area contributed by atoms with Crippen LogP contribution in [-0.4, -0.2) is 40.8 Å². The zero-order chi connectivity index (χ0) is 20.2. The van der Waals surface area contributed by atoms with E-state index >= 15 is 0 Å². The number of furan rings is 1. The highest BCUT2D eigenvalue weighted by Crippen LogP contribution is 2.29. The van der Waals surface area contributed by atoms with Crippen LogP contribution in [0.15, 0.2) is 46.1 Å². The van der Waals surface area contributed by atoms with E-state index in [0.717, 1.165) is 18.4 Å². The maximum absolute atomic E-state index is 12.1. The second kappa shape index (κ2) is 8.41. The summed E-state index contributed by atoms with van der Waals surface area (Å²) in [5.74, 6) is 0.782. The highest BCUT2D eigenvalue weighted by Gasteiger charge is 2.23. The van der Waals surface area contributed by atoms with Crippen LogP contribution in [0.5, 0.6) is 11.5 Å². The van der Waals surface area contributed by atoms with E-state index in [-0.39, 0.29) is 17.6 Å². The number of carbonyl (C=O) groups is 1. The van der Waals surface area contributed by atoms with Crippen molar-refractivity contribution in [3.63, 3.8) is 0 Å². The van der Waals surface area contributed by atoms with Crippen LogP contribution in [0.2, 0.25) is 0 Å². The molecule has 0 spiro atoms. The average Bonchev–Trinajstić information content (AvgIpc) is 3.49. The second-order valence-corrected chi connectivity index (χ2v) is 6.61. The summed E-state index contributed by atoms with van der Waals surface area (Å²) in [5, 5.41) is 11.4. The Morgan fingerprint density at radius 3 is 3.03 bits per heavy atom. The van der Waals surface area contributed by atoms with E-state index in [0.29, 0.717) is 23.0 Å². The SMILES string of the molecule is COc1cc(/C=N\n2c([C@H]3CCCO3)n[nH]c2=S)ccc1OC(=O)c1ccco1. The topological polar surface area (TPSA) is 104 Å². The van der Waals surface area contributed by atoms with E-state index in [1.807, 2.05) is 0 Å². The first-order chi connectivity index (χ1) is 14.2. The lowest BCUT2D eigenvalue weighted by molar-refractivity contribution is 0.0696. The lowest BCUT2D eigenvalue weighted by Crippen LogP contribution is -2.08. The van der Waals surface area contributed by atoms with Crippen LogP contribution in [0, 0.1) is 4.77 Å². The van der Waals surface area contributed by atoms with Gasteiger partial charge in [-0.15, -0.1) is 0 Å². The summed E-state index contributed by atoms with van der Waals surface area (Å²) in [7, 11) is 1.49. The Bertz CT molecular complexity index is 1080. The van der Waals surface area contributed by atoms with Crippen molar-refractivity contribution >= 4 is 24.4 Å². The largest absolute Gasteiger partial charge is 0.493 e. The van der Waals surface area contributed by atoms with Gasteiger partial charge in [0.2, 0.25) is 10.5 Å². The Labute approximate surface area is 170 Å². The van der Waals surface area contributed by atoms with Gasteiger partial charge in [0, 0.05) is 6.61 Å². The van der Waals surface area contributed by atoms with Crippen LogP contribution in [0.1, 0.15) is 40.9 Å². The quantitative estimate of drug-likeness (QED) is 0.285. The van der Waals surface area contributed by atoms with Gasteiger partial charge in [0.1, 0.15) is 6.10 Å². The van der Waals surface area contributed by atoms with Gasteiger partial charge in [-0.25, -0.2) is 4.79 Å². The molecule has 4 rings (SSSR count). The number of hydrogen-bond donors (Lipinski definition) is 1. The molecule has 0 amide bonds. The lowest BCUT2D eigenvalue weighted by atomic mass is 10.2. The first-order valence-corrected chi connectivity index (χ1v) is 9.33. The minimum Gasteiger partial charge on any atom is -0.493 e. The van der Waals surface area contributed by atoms with Crippen molar-refractivity contribution < 1.29 is 23.4 Å². The summed E-state index contributed by atoms with van der Waals surface area (Å²) in [5.41, 5.74) is 0.723. The normalized spacial score (nSPS) is 16.4. The monoisotopic (exact) mass is 414 g/mol. The smallest absolute Gasteiger partial charge is 0.379 e. The number of H-pyrrole nitrogens is 1. The Hall–Kier alpha value is -3.24. The summed E-state index contributed by atoms with van der Waals surface area (Å²) >= 11 is 5.26. The van der Waals surface area contributed by atoms with E-state index in [1.165, 1.54) is 19.4 Å². The lowest BCUT2D eigenvalue weighted by Gasteiger charge is -2.09. The van der Waals surface area contributed by atoms with Crippen molar-refractivity contribution in [1.82, 2.24) is 14.9 Å². The number of nitrogens with zero attached hydrogens (tertiary/aromatic N) is 3. The Balaban J connectivity index is 1.55. The molecule has 1 aliphatic rings. The number of esters is 1. The number of hydrogen-bond acceptors (Lipinski definition) is 8. The van der Waals surface area contributed by atoms with Crippen LogP contribution in [0.25, 0.3) is 0 Å². The maximum Gasteiger partial charge on any atom is 0.379 e. The minimum atomic E-state index is -0.611. The predicted molar refractivity (Wildman–Crippen MR) is 105 cm³/mol. The van der Waals surface area contributed by atoms with Crippen molar-refractivity contribution in [3.8, 4) is 11.5 Å². The fraction of sp³-hybridized carbons (Fsp3) is 0.263. The molecule has 1 aromatic carbocycles. The van der Waals surface area contributed by atoms with Gasteiger partial charge >= 0.3 is 5.97 Å². The summed E-state index contributed by atoms with van der Waals surface area (Å²) in [6, 6.07) is 8.20. The molecule has 1 saturated heterocycles. The third kappa shape index (κ3) is 4.13. The number of benzene rings is 1. The Kier molecular flexibility index (Phi) is 5.54. The fourth-order valence-corrected chi connectivity index (χ4v) is 3.11. The molecule has 0 radical (unpaired) electrons. The summed E-state index contributed by atoms with van der Waals surface area (Å²) in [6.45, 7) is 0.698. The van der Waals surface area contributed by atoms with Crippen molar-refractivity contribution in [1.29, 1.82) is 0 Å². The number of methoxy groups -OCH3 is 1. The van der Waals surface area contributed by atoms with E-state index < -0.39 is 5.97 Å². The zero-order valence-electron chi connectivity index (χ0n) is 15.5. The molecule has 1 aliphatic heterocycles. The van der Waals surface area contributed by atoms with Crippen LogP contribution >= 0.6 is 12.2 Å². The average molecular weight is 414 g/mol. The maximum atomic E-state index is 12.1. The molecule has 9 nitrogen and oxygen atoms in total. The molecule has 1 fully saturated rings. The van der Waals surface area contributed by atoms with Crippen LogP contribution < -0.4 is 9.47 Å². The van der Waals surface area contributed by atoms with Crippen LogP contribution in [-0.2, 0) is 4.74 Å². The van der Waals surface area contributed by atoms with Crippen molar-refractivity contribution in [2.24, 2.45) is 5.10 Å². The molecule has 0 bridgehead atoms. The van der Waals surface area contributed by atoms with Gasteiger partial charge in [0.25, 0.3) is 0 Å². The molecule has 10 heteroatoms. The fourth-order valence-electron chi connectivity index (χ4n) is 2.92. The molecule has 2 aromatic heterocycles. The Morgan fingerprint density at radius 2 is 2.31 bits per heavy atom. The number of aromatic nitrogens is 3.